The number of benzene rings is 3. The average molecular weight is 480 g/mol. The molecule has 182 valence electrons. The van der Waals surface area contributed by atoms with Crippen molar-refractivity contribution in [2.45, 2.75) is 63.7 Å². The molecule has 5 rings (SSSR count). The third-order valence-electron chi connectivity index (χ3n) is 7.63. The fourth-order valence-corrected chi connectivity index (χ4v) is 5.78. The van der Waals surface area contributed by atoms with Crippen LogP contribution < -0.4 is 4.74 Å². The second kappa shape index (κ2) is 12.0. The molecule has 0 bridgehead atoms. The number of phenolic OH excluding ortho intramolecular Hbond substituents is 1. The summed E-state index contributed by atoms with van der Waals surface area (Å²) in [6, 6.07) is 19.0. The summed E-state index contributed by atoms with van der Waals surface area (Å²) in [5, 5.41) is 12.4. The number of fused-ring (bicyclic) bond motifs is 1. The molecule has 4 heteroatoms. The van der Waals surface area contributed by atoms with Crippen LogP contribution in [0.3, 0.4) is 0 Å². The Morgan fingerprint density at radius 1 is 0.824 bits per heavy atom. The second-order valence-corrected chi connectivity index (χ2v) is 9.95. The molecule has 1 saturated carbocycles. The standard InChI is InChI=1S/C30H37NO2.ClH/c32-26-12-16-29-25(22-26)11-15-28(24-7-3-1-4-8-24)30(29)21-23-9-13-27(14-10-23)33-20-19-31-17-5-2-6-18-31;/h9-16,22,24,32H,1-8,17-21H2;1H. The lowest BCUT2D eigenvalue weighted by Crippen LogP contribution is -2.33. The maximum absolute atomic E-state index is 10.00. The molecule has 3 aromatic rings. The van der Waals surface area contributed by atoms with Gasteiger partial charge in [0.2, 0.25) is 0 Å². The Hall–Kier alpha value is -2.23. The first kappa shape index (κ1) is 24.9. The van der Waals surface area contributed by atoms with Gasteiger partial charge in [0.05, 0.1) is 0 Å². The maximum atomic E-state index is 10.00. The van der Waals surface area contributed by atoms with Crippen molar-refractivity contribution in [3.63, 3.8) is 0 Å². The van der Waals surface area contributed by atoms with Gasteiger partial charge in [0.15, 0.2) is 0 Å². The van der Waals surface area contributed by atoms with E-state index < -0.39 is 0 Å². The molecule has 1 saturated heterocycles. The number of hydrogen-bond donors (Lipinski definition) is 1. The highest BCUT2D eigenvalue weighted by Gasteiger charge is 2.20. The van der Waals surface area contributed by atoms with E-state index >= 15 is 0 Å². The number of rotatable bonds is 7. The van der Waals surface area contributed by atoms with Gasteiger partial charge in [-0.1, -0.05) is 56.0 Å². The summed E-state index contributed by atoms with van der Waals surface area (Å²) < 4.78 is 6.05. The highest BCUT2D eigenvalue weighted by molar-refractivity contribution is 5.88. The van der Waals surface area contributed by atoms with Gasteiger partial charge in [-0.2, -0.15) is 0 Å². The molecule has 1 aliphatic heterocycles. The van der Waals surface area contributed by atoms with Crippen LogP contribution >= 0.6 is 12.4 Å². The van der Waals surface area contributed by atoms with Crippen LogP contribution in [0.2, 0.25) is 0 Å². The monoisotopic (exact) mass is 479 g/mol. The van der Waals surface area contributed by atoms with Gasteiger partial charge in [0.1, 0.15) is 18.1 Å². The summed E-state index contributed by atoms with van der Waals surface area (Å²) >= 11 is 0. The van der Waals surface area contributed by atoms with Gasteiger partial charge in [-0.25, -0.2) is 0 Å². The van der Waals surface area contributed by atoms with Gasteiger partial charge in [-0.15, -0.1) is 12.4 Å². The summed E-state index contributed by atoms with van der Waals surface area (Å²) in [4.78, 5) is 2.52. The number of piperidine rings is 1. The smallest absolute Gasteiger partial charge is 0.119 e. The van der Waals surface area contributed by atoms with Crippen LogP contribution in [0.25, 0.3) is 10.8 Å². The third kappa shape index (κ3) is 6.06. The number of hydrogen-bond acceptors (Lipinski definition) is 3. The van der Waals surface area contributed by atoms with Crippen molar-refractivity contribution in [1.82, 2.24) is 4.90 Å². The minimum Gasteiger partial charge on any atom is -0.508 e. The lowest BCUT2D eigenvalue weighted by molar-refractivity contribution is 0.183. The minimum absolute atomic E-state index is 0. The molecular formula is C30H38ClNO2. The van der Waals surface area contributed by atoms with Crippen molar-refractivity contribution >= 4 is 23.2 Å². The quantitative estimate of drug-likeness (QED) is 0.381. The molecule has 0 unspecified atom stereocenters. The number of halogens is 1. The van der Waals surface area contributed by atoms with E-state index in [1.54, 1.807) is 0 Å². The van der Waals surface area contributed by atoms with Crippen LogP contribution in [-0.2, 0) is 6.42 Å². The van der Waals surface area contributed by atoms with E-state index in [0.717, 1.165) is 30.7 Å². The SMILES string of the molecule is Cl.Oc1ccc2c(Cc3ccc(OCCN4CCCCC4)cc3)c(C3CCCCC3)ccc2c1. The van der Waals surface area contributed by atoms with Crippen molar-refractivity contribution < 1.29 is 9.84 Å². The molecule has 34 heavy (non-hydrogen) atoms. The van der Waals surface area contributed by atoms with E-state index in [1.807, 2.05) is 12.1 Å². The Balaban J connectivity index is 0.00000274. The number of likely N-dealkylation sites (tertiary alicyclic amines) is 1. The Morgan fingerprint density at radius 3 is 2.32 bits per heavy atom. The average Bonchev–Trinajstić information content (AvgIpc) is 2.86. The van der Waals surface area contributed by atoms with E-state index in [1.165, 1.54) is 86.5 Å². The fourth-order valence-electron chi connectivity index (χ4n) is 5.78. The highest BCUT2D eigenvalue weighted by Crippen LogP contribution is 2.38. The first-order chi connectivity index (χ1) is 16.3. The zero-order valence-electron chi connectivity index (χ0n) is 20.2. The molecule has 0 aromatic heterocycles. The fraction of sp³-hybridized carbons (Fsp3) is 0.467. The van der Waals surface area contributed by atoms with Gasteiger partial charge in [-0.3, -0.25) is 4.90 Å². The van der Waals surface area contributed by atoms with E-state index in [2.05, 4.69) is 47.4 Å². The molecule has 3 aromatic carbocycles. The number of phenols is 1. The summed E-state index contributed by atoms with van der Waals surface area (Å²) in [5.74, 6) is 1.96. The van der Waals surface area contributed by atoms with Crippen LogP contribution in [-0.4, -0.2) is 36.2 Å². The van der Waals surface area contributed by atoms with E-state index in [9.17, 15) is 5.11 Å². The molecule has 0 atom stereocenters. The normalized spacial score (nSPS) is 17.4. The van der Waals surface area contributed by atoms with Crippen molar-refractivity contribution in [2.24, 2.45) is 0 Å². The zero-order valence-corrected chi connectivity index (χ0v) is 21.0. The first-order valence-electron chi connectivity index (χ1n) is 12.9. The van der Waals surface area contributed by atoms with Crippen molar-refractivity contribution in [3.05, 3.63) is 71.3 Å². The molecular weight excluding hydrogens is 442 g/mol. The van der Waals surface area contributed by atoms with Crippen LogP contribution in [0.1, 0.15) is 74.0 Å². The van der Waals surface area contributed by atoms with Crippen LogP contribution in [0.4, 0.5) is 0 Å². The van der Waals surface area contributed by atoms with Crippen LogP contribution in [0, 0.1) is 0 Å². The Kier molecular flexibility index (Phi) is 8.74. The van der Waals surface area contributed by atoms with Crippen molar-refractivity contribution in [3.8, 4) is 11.5 Å². The van der Waals surface area contributed by atoms with E-state index in [0.29, 0.717) is 11.7 Å². The molecule has 2 aliphatic rings. The van der Waals surface area contributed by atoms with Crippen molar-refractivity contribution in [2.75, 3.05) is 26.2 Å². The van der Waals surface area contributed by atoms with Crippen LogP contribution in [0.15, 0.2) is 54.6 Å². The number of nitrogens with zero attached hydrogens (tertiary/aromatic N) is 1. The molecule has 1 N–H and O–H groups in total. The summed E-state index contributed by atoms with van der Waals surface area (Å²) in [7, 11) is 0. The predicted octanol–water partition coefficient (Wildman–Crippen LogP) is 7.47. The van der Waals surface area contributed by atoms with Gasteiger partial charge >= 0.3 is 0 Å². The molecule has 0 spiro atoms. The Bertz CT molecular complexity index is 1050. The summed E-state index contributed by atoms with van der Waals surface area (Å²) in [5.41, 5.74) is 4.25. The Morgan fingerprint density at radius 2 is 1.56 bits per heavy atom. The first-order valence-corrected chi connectivity index (χ1v) is 12.9. The van der Waals surface area contributed by atoms with Gasteiger partial charge in [0.25, 0.3) is 0 Å². The van der Waals surface area contributed by atoms with Gasteiger partial charge in [0, 0.05) is 6.54 Å². The lowest BCUT2D eigenvalue weighted by atomic mass is 9.79. The predicted molar refractivity (Wildman–Crippen MR) is 144 cm³/mol. The molecule has 0 amide bonds. The number of aromatic hydroxyl groups is 1. The molecule has 3 nitrogen and oxygen atoms in total. The summed E-state index contributed by atoms with van der Waals surface area (Å²) in [6.45, 7) is 4.22. The van der Waals surface area contributed by atoms with Crippen molar-refractivity contribution in [1.29, 1.82) is 0 Å². The molecule has 1 aliphatic carbocycles. The number of ether oxygens (including phenoxy) is 1. The minimum atomic E-state index is 0. The highest BCUT2D eigenvalue weighted by atomic mass is 35.5. The summed E-state index contributed by atoms with van der Waals surface area (Å²) in [6.07, 6.45) is 11.6. The molecule has 0 radical (unpaired) electrons. The topological polar surface area (TPSA) is 32.7 Å². The zero-order chi connectivity index (χ0) is 22.5. The molecule has 2 fully saturated rings. The second-order valence-electron chi connectivity index (χ2n) is 9.95. The Labute approximate surface area is 210 Å². The maximum Gasteiger partial charge on any atom is 0.119 e. The third-order valence-corrected chi connectivity index (χ3v) is 7.63. The molecule has 1 heterocycles. The van der Waals surface area contributed by atoms with Crippen LogP contribution in [0.5, 0.6) is 11.5 Å². The van der Waals surface area contributed by atoms with E-state index in [4.69, 9.17) is 4.74 Å². The largest absolute Gasteiger partial charge is 0.508 e. The van der Waals surface area contributed by atoms with E-state index in [-0.39, 0.29) is 12.4 Å². The van der Waals surface area contributed by atoms with Gasteiger partial charge < -0.3 is 9.84 Å². The lowest BCUT2D eigenvalue weighted by Gasteiger charge is -2.26. The van der Waals surface area contributed by atoms with Gasteiger partial charge in [-0.05, 0) is 103 Å².